The number of hydrogen-bond acceptors (Lipinski definition) is 3. The summed E-state index contributed by atoms with van der Waals surface area (Å²) < 4.78 is 13.6. The van der Waals surface area contributed by atoms with Crippen molar-refractivity contribution in [3.05, 3.63) is 28.0 Å². The Balaban J connectivity index is 2.91. The first-order chi connectivity index (χ1) is 7.06. The summed E-state index contributed by atoms with van der Waals surface area (Å²) in [6.45, 7) is 2.80. The number of carbonyl (C=O) groups is 1. The highest BCUT2D eigenvalue weighted by molar-refractivity contribution is 9.10. The molecule has 0 aliphatic heterocycles. The number of anilines is 1. The first-order valence-electron chi connectivity index (χ1n) is 4.54. The minimum absolute atomic E-state index is 0.0231. The minimum Gasteiger partial charge on any atom is -0.395 e. The van der Waals surface area contributed by atoms with Crippen molar-refractivity contribution in [1.82, 2.24) is 5.32 Å². The van der Waals surface area contributed by atoms with Crippen LogP contribution in [0.2, 0.25) is 0 Å². The van der Waals surface area contributed by atoms with E-state index in [0.717, 1.165) is 6.07 Å². The third-order valence-electron chi connectivity index (χ3n) is 1.94. The van der Waals surface area contributed by atoms with E-state index in [4.69, 9.17) is 5.73 Å². The molecule has 0 saturated carbocycles. The van der Waals surface area contributed by atoms with Crippen molar-refractivity contribution in [3.8, 4) is 0 Å². The number of ketones is 1. The van der Waals surface area contributed by atoms with Gasteiger partial charge in [0.15, 0.2) is 5.78 Å². The Hall–Kier alpha value is -0.940. The minimum atomic E-state index is -0.579. The summed E-state index contributed by atoms with van der Waals surface area (Å²) in [5, 5.41) is 2.88. The predicted octanol–water partition coefficient (Wildman–Crippen LogP) is 1.96. The molecule has 0 aliphatic rings. The molecule has 0 atom stereocenters. The number of nitrogen functional groups attached to an aromatic ring is 1. The van der Waals surface area contributed by atoms with Crippen molar-refractivity contribution in [3.63, 3.8) is 0 Å². The molecule has 82 valence electrons. The van der Waals surface area contributed by atoms with Gasteiger partial charge in [0.05, 0.1) is 12.2 Å². The number of Topliss-reactive ketones (excluding diaryl/α,β-unsaturated/α-hetero) is 1. The van der Waals surface area contributed by atoms with Crippen molar-refractivity contribution in [1.29, 1.82) is 0 Å². The number of nitrogens with one attached hydrogen (secondary N) is 1. The van der Waals surface area contributed by atoms with Crippen LogP contribution in [0.25, 0.3) is 0 Å². The van der Waals surface area contributed by atoms with Crippen LogP contribution in [0.4, 0.5) is 10.1 Å². The average molecular weight is 275 g/mol. The van der Waals surface area contributed by atoms with Crippen LogP contribution in [-0.2, 0) is 0 Å². The molecule has 3 nitrogen and oxygen atoms in total. The smallest absolute Gasteiger partial charge is 0.176 e. The van der Waals surface area contributed by atoms with Gasteiger partial charge in [0, 0.05) is 10.0 Å². The van der Waals surface area contributed by atoms with E-state index in [-0.39, 0.29) is 18.0 Å². The van der Waals surface area contributed by atoms with E-state index in [1.807, 2.05) is 6.92 Å². The molecule has 3 N–H and O–H groups in total. The summed E-state index contributed by atoms with van der Waals surface area (Å²) in [7, 11) is 0. The van der Waals surface area contributed by atoms with Gasteiger partial charge < -0.3 is 11.1 Å². The van der Waals surface area contributed by atoms with Crippen LogP contribution < -0.4 is 11.1 Å². The Labute approximate surface area is 96.0 Å². The largest absolute Gasteiger partial charge is 0.395 e. The maximum atomic E-state index is 13.2. The van der Waals surface area contributed by atoms with Gasteiger partial charge in [-0.05, 0) is 34.6 Å². The molecule has 0 spiro atoms. The van der Waals surface area contributed by atoms with Crippen LogP contribution in [0.15, 0.2) is 16.6 Å². The fourth-order valence-electron chi connectivity index (χ4n) is 1.09. The van der Waals surface area contributed by atoms with E-state index in [2.05, 4.69) is 21.2 Å². The molecule has 0 amide bonds. The lowest BCUT2D eigenvalue weighted by atomic mass is 10.1. The van der Waals surface area contributed by atoms with E-state index < -0.39 is 5.82 Å². The van der Waals surface area contributed by atoms with Crippen LogP contribution in [0.3, 0.4) is 0 Å². The Morgan fingerprint density at radius 2 is 2.27 bits per heavy atom. The Kier molecular flexibility index (Phi) is 4.23. The van der Waals surface area contributed by atoms with E-state index in [0.29, 0.717) is 16.6 Å². The highest BCUT2D eigenvalue weighted by atomic mass is 79.9. The number of rotatable bonds is 4. The van der Waals surface area contributed by atoms with E-state index in [1.165, 1.54) is 6.07 Å². The molecule has 5 heteroatoms. The van der Waals surface area contributed by atoms with Gasteiger partial charge in [-0.2, -0.15) is 0 Å². The van der Waals surface area contributed by atoms with Crippen LogP contribution in [-0.4, -0.2) is 18.9 Å². The topological polar surface area (TPSA) is 55.1 Å². The monoisotopic (exact) mass is 274 g/mol. The third kappa shape index (κ3) is 3.00. The maximum Gasteiger partial charge on any atom is 0.176 e. The standard InChI is InChI=1S/C10H12BrFN2O/c1-2-14-5-9(15)6-3-7(11)10(13)8(12)4-6/h3-4,14H,2,5,13H2,1H3. The van der Waals surface area contributed by atoms with Gasteiger partial charge in [-0.3, -0.25) is 4.79 Å². The first-order valence-corrected chi connectivity index (χ1v) is 5.34. The molecular weight excluding hydrogens is 263 g/mol. The van der Waals surface area contributed by atoms with Crippen molar-refractivity contribution in [2.75, 3.05) is 18.8 Å². The highest BCUT2D eigenvalue weighted by Crippen LogP contribution is 2.24. The van der Waals surface area contributed by atoms with Crippen LogP contribution in [0.1, 0.15) is 17.3 Å². The summed E-state index contributed by atoms with van der Waals surface area (Å²) in [4.78, 5) is 11.5. The zero-order chi connectivity index (χ0) is 11.4. The van der Waals surface area contributed by atoms with Gasteiger partial charge in [0.1, 0.15) is 5.82 Å². The lowest BCUT2D eigenvalue weighted by molar-refractivity contribution is 0.0991. The molecule has 1 aromatic carbocycles. The zero-order valence-electron chi connectivity index (χ0n) is 8.31. The van der Waals surface area contributed by atoms with Crippen molar-refractivity contribution in [2.45, 2.75) is 6.92 Å². The molecule has 0 radical (unpaired) electrons. The summed E-state index contributed by atoms with van der Waals surface area (Å²) in [5.41, 5.74) is 5.74. The average Bonchev–Trinajstić information content (AvgIpc) is 2.21. The molecular formula is C10H12BrFN2O. The van der Waals surface area contributed by atoms with Crippen molar-refractivity contribution < 1.29 is 9.18 Å². The second kappa shape index (κ2) is 5.23. The number of halogens is 2. The molecule has 15 heavy (non-hydrogen) atoms. The van der Waals surface area contributed by atoms with Gasteiger partial charge in [-0.25, -0.2) is 4.39 Å². The predicted molar refractivity (Wildman–Crippen MR) is 61.4 cm³/mol. The normalized spacial score (nSPS) is 10.3. The molecule has 0 heterocycles. The Morgan fingerprint density at radius 1 is 1.60 bits per heavy atom. The quantitative estimate of drug-likeness (QED) is 0.652. The Morgan fingerprint density at radius 3 is 2.80 bits per heavy atom. The summed E-state index contributed by atoms with van der Waals surface area (Å²) in [5.74, 6) is -0.735. The van der Waals surface area contributed by atoms with Crippen LogP contribution >= 0.6 is 15.9 Å². The molecule has 0 saturated heterocycles. The van der Waals surface area contributed by atoms with Crippen molar-refractivity contribution in [2.24, 2.45) is 0 Å². The van der Waals surface area contributed by atoms with E-state index in [1.54, 1.807) is 0 Å². The number of nitrogens with two attached hydrogens (primary N) is 1. The van der Waals surface area contributed by atoms with Crippen LogP contribution in [0.5, 0.6) is 0 Å². The number of carbonyl (C=O) groups excluding carboxylic acids is 1. The summed E-state index contributed by atoms with van der Waals surface area (Å²) in [6.07, 6.45) is 0. The lowest BCUT2D eigenvalue weighted by Gasteiger charge is -2.05. The molecule has 0 unspecified atom stereocenters. The van der Waals surface area contributed by atoms with Gasteiger partial charge >= 0.3 is 0 Å². The van der Waals surface area contributed by atoms with Crippen molar-refractivity contribution >= 4 is 27.4 Å². The fraction of sp³-hybridized carbons (Fsp3) is 0.300. The number of hydrogen-bond donors (Lipinski definition) is 2. The molecule has 0 aromatic heterocycles. The van der Waals surface area contributed by atoms with Gasteiger partial charge in [0.25, 0.3) is 0 Å². The summed E-state index contributed by atoms with van der Waals surface area (Å²) >= 11 is 3.10. The molecule has 0 bridgehead atoms. The molecule has 1 aromatic rings. The number of benzene rings is 1. The lowest BCUT2D eigenvalue weighted by Crippen LogP contribution is -2.22. The Bertz CT molecular complexity index is 359. The summed E-state index contributed by atoms with van der Waals surface area (Å²) in [6, 6.07) is 2.68. The number of likely N-dealkylation sites (N-methyl/N-ethyl adjacent to an activating group) is 1. The second-order valence-corrected chi connectivity index (χ2v) is 3.91. The van der Waals surface area contributed by atoms with Gasteiger partial charge in [-0.1, -0.05) is 6.92 Å². The second-order valence-electron chi connectivity index (χ2n) is 3.06. The molecule has 0 aliphatic carbocycles. The van der Waals surface area contributed by atoms with E-state index >= 15 is 0 Å². The van der Waals surface area contributed by atoms with Crippen LogP contribution in [0, 0.1) is 5.82 Å². The highest BCUT2D eigenvalue weighted by Gasteiger charge is 2.11. The SMILES string of the molecule is CCNCC(=O)c1cc(F)c(N)c(Br)c1. The maximum absolute atomic E-state index is 13.2. The first kappa shape index (κ1) is 12.1. The van der Waals surface area contributed by atoms with Gasteiger partial charge in [-0.15, -0.1) is 0 Å². The third-order valence-corrected chi connectivity index (χ3v) is 2.59. The van der Waals surface area contributed by atoms with Gasteiger partial charge in [0.2, 0.25) is 0 Å². The zero-order valence-corrected chi connectivity index (χ0v) is 9.90. The van der Waals surface area contributed by atoms with E-state index in [9.17, 15) is 9.18 Å². The molecule has 1 rings (SSSR count). The molecule has 0 fully saturated rings. The fourth-order valence-corrected chi connectivity index (χ4v) is 1.52.